The molecule has 1 fully saturated rings. The largest absolute Gasteiger partial charge is 0.367 e. The van der Waals surface area contributed by atoms with Gasteiger partial charge in [0.25, 0.3) is 0 Å². The molecule has 6 heteroatoms. The minimum atomic E-state index is 0.498. The summed E-state index contributed by atoms with van der Waals surface area (Å²) in [6, 6.07) is 1.28. The Hall–Kier alpha value is -0.880. The summed E-state index contributed by atoms with van der Waals surface area (Å²) in [6.45, 7) is 3.12. The summed E-state index contributed by atoms with van der Waals surface area (Å²) in [6.07, 6.45) is 4.43. The SMILES string of the molecule is CNc1ncc(Br)c(NCC(C)N(C)C2CC2)n1. The first kappa shape index (κ1) is 13.5. The van der Waals surface area contributed by atoms with E-state index in [1.165, 1.54) is 12.8 Å². The summed E-state index contributed by atoms with van der Waals surface area (Å²) in [4.78, 5) is 11.0. The molecule has 1 aromatic rings. The second-order valence-corrected chi connectivity index (χ2v) is 5.62. The molecule has 0 spiro atoms. The Bertz CT molecular complexity index is 407. The highest BCUT2D eigenvalue weighted by atomic mass is 79.9. The maximum absolute atomic E-state index is 4.38. The van der Waals surface area contributed by atoms with Gasteiger partial charge >= 0.3 is 0 Å². The average molecular weight is 314 g/mol. The fraction of sp³-hybridized carbons (Fsp3) is 0.667. The number of aromatic nitrogens is 2. The van der Waals surface area contributed by atoms with Crippen molar-refractivity contribution in [2.24, 2.45) is 0 Å². The van der Waals surface area contributed by atoms with Gasteiger partial charge in [-0.2, -0.15) is 4.98 Å². The lowest BCUT2D eigenvalue weighted by Gasteiger charge is -2.25. The minimum Gasteiger partial charge on any atom is -0.367 e. The first-order chi connectivity index (χ1) is 8.61. The molecule has 100 valence electrons. The highest BCUT2D eigenvalue weighted by Gasteiger charge is 2.28. The van der Waals surface area contributed by atoms with E-state index in [0.717, 1.165) is 22.9 Å². The summed E-state index contributed by atoms with van der Waals surface area (Å²) in [5.41, 5.74) is 0. The Morgan fingerprint density at radius 2 is 2.28 bits per heavy atom. The molecule has 2 rings (SSSR count). The van der Waals surface area contributed by atoms with Crippen molar-refractivity contribution in [2.45, 2.75) is 31.8 Å². The van der Waals surface area contributed by atoms with Crippen molar-refractivity contribution in [3.05, 3.63) is 10.7 Å². The van der Waals surface area contributed by atoms with E-state index in [1.807, 2.05) is 7.05 Å². The van der Waals surface area contributed by atoms with Crippen LogP contribution < -0.4 is 10.6 Å². The Labute approximate surface area is 117 Å². The molecular weight excluding hydrogens is 294 g/mol. The van der Waals surface area contributed by atoms with E-state index in [2.05, 4.69) is 55.4 Å². The third-order valence-electron chi connectivity index (χ3n) is 3.35. The quantitative estimate of drug-likeness (QED) is 0.843. The molecule has 0 radical (unpaired) electrons. The van der Waals surface area contributed by atoms with Crippen molar-refractivity contribution in [3.8, 4) is 0 Å². The minimum absolute atomic E-state index is 0.498. The average Bonchev–Trinajstić information content (AvgIpc) is 3.20. The Kier molecular flexibility index (Phi) is 4.40. The monoisotopic (exact) mass is 313 g/mol. The van der Waals surface area contributed by atoms with Crippen LogP contribution in [-0.2, 0) is 0 Å². The van der Waals surface area contributed by atoms with E-state index < -0.39 is 0 Å². The van der Waals surface area contributed by atoms with Gasteiger partial charge in [0.1, 0.15) is 5.82 Å². The van der Waals surface area contributed by atoms with Crippen molar-refractivity contribution in [1.29, 1.82) is 0 Å². The van der Waals surface area contributed by atoms with Crippen molar-refractivity contribution in [2.75, 3.05) is 31.3 Å². The molecule has 0 aliphatic heterocycles. The smallest absolute Gasteiger partial charge is 0.224 e. The Balaban J connectivity index is 1.92. The normalized spacial score (nSPS) is 16.7. The summed E-state index contributed by atoms with van der Waals surface area (Å²) in [7, 11) is 4.01. The lowest BCUT2D eigenvalue weighted by atomic mass is 10.3. The van der Waals surface area contributed by atoms with Crippen molar-refractivity contribution >= 4 is 27.7 Å². The van der Waals surface area contributed by atoms with E-state index in [-0.39, 0.29) is 0 Å². The van der Waals surface area contributed by atoms with Crippen LogP contribution in [0.5, 0.6) is 0 Å². The van der Waals surface area contributed by atoms with Crippen LogP contribution in [0.4, 0.5) is 11.8 Å². The second kappa shape index (κ2) is 5.84. The molecule has 1 aliphatic rings. The number of hydrogen-bond acceptors (Lipinski definition) is 5. The van der Waals surface area contributed by atoms with Crippen LogP contribution >= 0.6 is 15.9 Å². The zero-order valence-corrected chi connectivity index (χ0v) is 12.7. The van der Waals surface area contributed by atoms with Gasteiger partial charge in [0.15, 0.2) is 0 Å². The molecule has 1 heterocycles. The molecule has 2 N–H and O–H groups in total. The molecule has 0 amide bonds. The van der Waals surface area contributed by atoms with Crippen LogP contribution in [0.15, 0.2) is 10.7 Å². The van der Waals surface area contributed by atoms with E-state index in [4.69, 9.17) is 0 Å². The fourth-order valence-electron chi connectivity index (χ4n) is 1.84. The van der Waals surface area contributed by atoms with E-state index in [1.54, 1.807) is 6.20 Å². The zero-order valence-electron chi connectivity index (χ0n) is 11.1. The predicted octanol–water partition coefficient (Wildman–Crippen LogP) is 2.18. The number of nitrogens with one attached hydrogen (secondary N) is 2. The van der Waals surface area contributed by atoms with Gasteiger partial charge in [-0.3, -0.25) is 4.90 Å². The maximum Gasteiger partial charge on any atom is 0.224 e. The number of rotatable bonds is 6. The first-order valence-corrected chi connectivity index (χ1v) is 7.07. The number of nitrogens with zero attached hydrogens (tertiary/aromatic N) is 3. The van der Waals surface area contributed by atoms with Crippen LogP contribution in [0, 0.1) is 0 Å². The molecule has 1 aromatic heterocycles. The molecule has 0 saturated heterocycles. The summed E-state index contributed by atoms with van der Waals surface area (Å²) in [5.74, 6) is 1.47. The van der Waals surface area contributed by atoms with Crippen molar-refractivity contribution in [3.63, 3.8) is 0 Å². The van der Waals surface area contributed by atoms with Gasteiger partial charge in [-0.05, 0) is 42.7 Å². The number of hydrogen-bond donors (Lipinski definition) is 2. The molecular formula is C12H20BrN5. The predicted molar refractivity (Wildman–Crippen MR) is 78.0 cm³/mol. The van der Waals surface area contributed by atoms with Crippen LogP contribution in [0.25, 0.3) is 0 Å². The molecule has 1 aliphatic carbocycles. The Morgan fingerprint density at radius 1 is 1.56 bits per heavy atom. The van der Waals surface area contributed by atoms with Crippen molar-refractivity contribution in [1.82, 2.24) is 14.9 Å². The third-order valence-corrected chi connectivity index (χ3v) is 3.93. The lowest BCUT2D eigenvalue weighted by Crippen LogP contribution is -2.36. The van der Waals surface area contributed by atoms with Crippen LogP contribution in [0.1, 0.15) is 19.8 Å². The van der Waals surface area contributed by atoms with Crippen LogP contribution in [0.2, 0.25) is 0 Å². The number of halogens is 1. The molecule has 0 aromatic carbocycles. The highest BCUT2D eigenvalue weighted by Crippen LogP contribution is 2.27. The van der Waals surface area contributed by atoms with Gasteiger partial charge in [0.2, 0.25) is 5.95 Å². The van der Waals surface area contributed by atoms with Gasteiger partial charge in [0, 0.05) is 31.9 Å². The molecule has 1 saturated carbocycles. The van der Waals surface area contributed by atoms with Gasteiger partial charge in [0.05, 0.1) is 4.47 Å². The van der Waals surface area contributed by atoms with E-state index >= 15 is 0 Å². The summed E-state index contributed by atoms with van der Waals surface area (Å²) in [5, 5.41) is 6.31. The second-order valence-electron chi connectivity index (χ2n) is 4.77. The van der Waals surface area contributed by atoms with E-state index in [9.17, 15) is 0 Å². The maximum atomic E-state index is 4.38. The first-order valence-electron chi connectivity index (χ1n) is 6.28. The molecule has 18 heavy (non-hydrogen) atoms. The zero-order chi connectivity index (χ0) is 13.1. The fourth-order valence-corrected chi connectivity index (χ4v) is 2.17. The summed E-state index contributed by atoms with van der Waals surface area (Å²) >= 11 is 3.46. The van der Waals surface area contributed by atoms with Crippen LogP contribution in [0.3, 0.4) is 0 Å². The standard InChI is InChI=1S/C12H20BrN5/c1-8(18(3)9-4-5-9)6-15-11-10(13)7-16-12(14-2)17-11/h7-9H,4-6H2,1-3H3,(H2,14,15,16,17). The van der Waals surface area contributed by atoms with Crippen molar-refractivity contribution < 1.29 is 0 Å². The molecule has 0 bridgehead atoms. The van der Waals surface area contributed by atoms with Gasteiger partial charge in [-0.1, -0.05) is 0 Å². The van der Waals surface area contributed by atoms with E-state index in [0.29, 0.717) is 12.0 Å². The molecule has 1 unspecified atom stereocenters. The summed E-state index contributed by atoms with van der Waals surface area (Å²) < 4.78 is 0.891. The van der Waals surface area contributed by atoms with Gasteiger partial charge in [-0.15, -0.1) is 0 Å². The van der Waals surface area contributed by atoms with Gasteiger partial charge < -0.3 is 10.6 Å². The highest BCUT2D eigenvalue weighted by molar-refractivity contribution is 9.10. The number of likely N-dealkylation sites (N-methyl/N-ethyl adjacent to an activating group) is 1. The lowest BCUT2D eigenvalue weighted by molar-refractivity contribution is 0.257. The van der Waals surface area contributed by atoms with Gasteiger partial charge in [-0.25, -0.2) is 4.98 Å². The topological polar surface area (TPSA) is 53.1 Å². The Morgan fingerprint density at radius 3 is 2.89 bits per heavy atom. The molecule has 5 nitrogen and oxygen atoms in total. The number of anilines is 2. The third kappa shape index (κ3) is 3.32. The molecule has 1 atom stereocenters. The van der Waals surface area contributed by atoms with Crippen LogP contribution in [-0.4, -0.2) is 47.6 Å².